The number of benzene rings is 1. The minimum atomic E-state index is -1.13. The molecule has 96 valence electrons. The average Bonchev–Trinajstić information content (AvgIpc) is 2.38. The summed E-state index contributed by atoms with van der Waals surface area (Å²) >= 11 is 0. The third-order valence-corrected chi connectivity index (χ3v) is 2.23. The molecule has 1 aromatic carbocycles. The highest BCUT2D eigenvalue weighted by atomic mass is 19.2. The molecule has 0 aliphatic carbocycles. The average molecular weight is 252 g/mol. The van der Waals surface area contributed by atoms with E-state index in [0.29, 0.717) is 19.8 Å². The topological polar surface area (TPSA) is 45.0 Å². The summed E-state index contributed by atoms with van der Waals surface area (Å²) in [5.41, 5.74) is -0.279. The summed E-state index contributed by atoms with van der Waals surface area (Å²) in [5, 5.41) is 11.2. The van der Waals surface area contributed by atoms with E-state index >= 15 is 0 Å². The van der Waals surface area contributed by atoms with E-state index in [1.807, 2.05) is 0 Å². The molecule has 0 heterocycles. The second-order valence-corrected chi connectivity index (χ2v) is 3.52. The highest BCUT2D eigenvalue weighted by Gasteiger charge is 2.12. The molecule has 1 N–H and O–H groups in total. The van der Waals surface area contributed by atoms with Gasteiger partial charge in [0.1, 0.15) is 6.07 Å². The predicted molar refractivity (Wildman–Crippen MR) is 65.2 cm³/mol. The van der Waals surface area contributed by atoms with Crippen LogP contribution in [0.4, 0.5) is 14.5 Å². The molecule has 5 heteroatoms. The monoisotopic (exact) mass is 252 g/mol. The zero-order valence-corrected chi connectivity index (χ0v) is 9.88. The van der Waals surface area contributed by atoms with Crippen molar-refractivity contribution in [3.8, 4) is 6.07 Å². The Morgan fingerprint density at radius 3 is 2.78 bits per heavy atom. The standard InChI is InChI=1S/C13H14F2N2O/c1-2-3-7-18-8-6-17-11-5-4-10(9-16)12(14)13(11)15/h2,4-5,17H,1,3,6-8H2. The van der Waals surface area contributed by atoms with Crippen LogP contribution in [0.15, 0.2) is 24.8 Å². The van der Waals surface area contributed by atoms with Gasteiger partial charge in [-0.1, -0.05) is 6.08 Å². The summed E-state index contributed by atoms with van der Waals surface area (Å²) < 4.78 is 31.9. The van der Waals surface area contributed by atoms with Crippen molar-refractivity contribution in [1.82, 2.24) is 0 Å². The Bertz CT molecular complexity index is 455. The number of nitriles is 1. The minimum Gasteiger partial charge on any atom is -0.380 e. The van der Waals surface area contributed by atoms with Crippen molar-refractivity contribution in [1.29, 1.82) is 5.26 Å². The van der Waals surface area contributed by atoms with Gasteiger partial charge in [0.05, 0.1) is 24.5 Å². The van der Waals surface area contributed by atoms with Crippen molar-refractivity contribution in [2.24, 2.45) is 0 Å². The molecule has 1 rings (SSSR count). The largest absolute Gasteiger partial charge is 0.380 e. The number of anilines is 1. The molecule has 0 aliphatic rings. The first-order chi connectivity index (χ1) is 8.70. The molecule has 3 nitrogen and oxygen atoms in total. The van der Waals surface area contributed by atoms with Crippen LogP contribution in [0.5, 0.6) is 0 Å². The lowest BCUT2D eigenvalue weighted by atomic mass is 10.2. The van der Waals surface area contributed by atoms with Gasteiger partial charge < -0.3 is 10.1 Å². The van der Waals surface area contributed by atoms with Crippen LogP contribution in [0.25, 0.3) is 0 Å². The minimum absolute atomic E-state index is 0.0267. The molecular weight excluding hydrogens is 238 g/mol. The molecule has 0 unspecified atom stereocenters. The lowest BCUT2D eigenvalue weighted by Gasteiger charge is -2.08. The Kier molecular flexibility index (Phi) is 5.81. The van der Waals surface area contributed by atoms with Crippen LogP contribution in [0.2, 0.25) is 0 Å². The zero-order chi connectivity index (χ0) is 13.4. The molecular formula is C13H14F2N2O. The van der Waals surface area contributed by atoms with E-state index in [9.17, 15) is 8.78 Å². The van der Waals surface area contributed by atoms with Gasteiger partial charge in [-0.25, -0.2) is 8.78 Å². The molecule has 0 atom stereocenters. The van der Waals surface area contributed by atoms with Crippen LogP contribution >= 0.6 is 0 Å². The molecule has 0 spiro atoms. The maximum atomic E-state index is 13.4. The molecule has 0 bridgehead atoms. The Hall–Kier alpha value is -1.93. The predicted octanol–water partition coefficient (Wildman–Crippen LogP) is 2.84. The molecule has 0 aliphatic heterocycles. The van der Waals surface area contributed by atoms with Crippen LogP contribution in [-0.2, 0) is 4.74 Å². The lowest BCUT2D eigenvalue weighted by molar-refractivity contribution is 0.149. The van der Waals surface area contributed by atoms with Gasteiger partial charge in [0, 0.05) is 6.54 Å². The first kappa shape index (κ1) is 14.1. The van der Waals surface area contributed by atoms with E-state index < -0.39 is 11.6 Å². The summed E-state index contributed by atoms with van der Waals surface area (Å²) in [5.74, 6) is -2.17. The van der Waals surface area contributed by atoms with Crippen LogP contribution in [0, 0.1) is 23.0 Å². The molecule has 0 saturated heterocycles. The number of halogens is 2. The van der Waals surface area contributed by atoms with E-state index in [1.54, 1.807) is 12.1 Å². The molecule has 18 heavy (non-hydrogen) atoms. The van der Waals surface area contributed by atoms with Gasteiger partial charge in [-0.3, -0.25) is 0 Å². The third-order valence-electron chi connectivity index (χ3n) is 2.23. The van der Waals surface area contributed by atoms with Crippen molar-refractivity contribution >= 4 is 5.69 Å². The Balaban J connectivity index is 2.46. The first-order valence-electron chi connectivity index (χ1n) is 5.51. The number of rotatable bonds is 7. The van der Waals surface area contributed by atoms with Gasteiger partial charge in [-0.2, -0.15) is 5.26 Å². The van der Waals surface area contributed by atoms with Crippen molar-refractivity contribution in [2.45, 2.75) is 6.42 Å². The molecule has 0 fully saturated rings. The molecule has 1 aromatic rings. The van der Waals surface area contributed by atoms with Crippen LogP contribution in [-0.4, -0.2) is 19.8 Å². The van der Waals surface area contributed by atoms with Crippen molar-refractivity contribution < 1.29 is 13.5 Å². The second kappa shape index (κ2) is 7.41. The maximum absolute atomic E-state index is 13.4. The number of nitrogens with one attached hydrogen (secondary N) is 1. The number of hydrogen-bond donors (Lipinski definition) is 1. The van der Waals surface area contributed by atoms with Crippen LogP contribution in [0.3, 0.4) is 0 Å². The van der Waals surface area contributed by atoms with Gasteiger partial charge >= 0.3 is 0 Å². The highest BCUT2D eigenvalue weighted by Crippen LogP contribution is 2.19. The zero-order valence-electron chi connectivity index (χ0n) is 9.88. The van der Waals surface area contributed by atoms with E-state index in [1.165, 1.54) is 12.1 Å². The third kappa shape index (κ3) is 3.82. The number of ether oxygens (including phenoxy) is 1. The quantitative estimate of drug-likeness (QED) is 0.599. The van der Waals surface area contributed by atoms with E-state index in [0.717, 1.165) is 6.42 Å². The highest BCUT2D eigenvalue weighted by molar-refractivity contribution is 5.49. The summed E-state index contributed by atoms with van der Waals surface area (Å²) in [6.45, 7) is 4.85. The summed E-state index contributed by atoms with van der Waals surface area (Å²) in [6, 6.07) is 4.15. The fraction of sp³-hybridized carbons (Fsp3) is 0.308. The first-order valence-corrected chi connectivity index (χ1v) is 5.51. The summed E-state index contributed by atoms with van der Waals surface area (Å²) in [6.07, 6.45) is 2.49. The number of nitrogens with zero attached hydrogens (tertiary/aromatic N) is 1. The molecule has 0 radical (unpaired) electrons. The summed E-state index contributed by atoms with van der Waals surface area (Å²) in [7, 11) is 0. The lowest BCUT2D eigenvalue weighted by Crippen LogP contribution is -2.11. The van der Waals surface area contributed by atoms with E-state index in [4.69, 9.17) is 10.00 Å². The Morgan fingerprint density at radius 2 is 2.11 bits per heavy atom. The van der Waals surface area contributed by atoms with Gasteiger partial charge in [0.25, 0.3) is 0 Å². The Morgan fingerprint density at radius 1 is 1.33 bits per heavy atom. The summed E-state index contributed by atoms with van der Waals surface area (Å²) in [4.78, 5) is 0. The van der Waals surface area contributed by atoms with Crippen molar-refractivity contribution in [2.75, 3.05) is 25.1 Å². The van der Waals surface area contributed by atoms with Crippen LogP contribution in [0.1, 0.15) is 12.0 Å². The van der Waals surface area contributed by atoms with Gasteiger partial charge in [-0.05, 0) is 18.6 Å². The molecule has 0 aromatic heterocycles. The van der Waals surface area contributed by atoms with E-state index in [2.05, 4.69) is 11.9 Å². The smallest absolute Gasteiger partial charge is 0.183 e. The second-order valence-electron chi connectivity index (χ2n) is 3.52. The number of hydrogen-bond acceptors (Lipinski definition) is 3. The van der Waals surface area contributed by atoms with Crippen molar-refractivity contribution in [3.63, 3.8) is 0 Å². The maximum Gasteiger partial charge on any atom is 0.183 e. The van der Waals surface area contributed by atoms with Gasteiger partial charge in [0.2, 0.25) is 0 Å². The fourth-order valence-corrected chi connectivity index (χ4v) is 1.30. The van der Waals surface area contributed by atoms with Gasteiger partial charge in [0.15, 0.2) is 11.6 Å². The van der Waals surface area contributed by atoms with Crippen molar-refractivity contribution in [3.05, 3.63) is 42.0 Å². The Labute approximate surface area is 105 Å². The van der Waals surface area contributed by atoms with E-state index in [-0.39, 0.29) is 11.3 Å². The van der Waals surface area contributed by atoms with Gasteiger partial charge in [-0.15, -0.1) is 6.58 Å². The fourth-order valence-electron chi connectivity index (χ4n) is 1.30. The molecule has 0 saturated carbocycles. The normalized spacial score (nSPS) is 9.83. The molecule has 0 amide bonds. The van der Waals surface area contributed by atoms with Crippen LogP contribution < -0.4 is 5.32 Å². The SMILES string of the molecule is C=CCCOCCNc1ccc(C#N)c(F)c1F.